The number of aromatic nitrogens is 1. The van der Waals surface area contributed by atoms with Crippen LogP contribution in [0.4, 0.5) is 18.9 Å². The maximum atomic E-state index is 14.0. The summed E-state index contributed by atoms with van der Waals surface area (Å²) in [5, 5.41) is 0.324. The molecule has 2 aromatic rings. The number of alkyl halides is 1. The Kier molecular flexibility index (Phi) is 3.42. The lowest BCUT2D eigenvalue weighted by Gasteiger charge is -2.25. The monoisotopic (exact) mass is 309 g/mol. The first-order valence-corrected chi connectivity index (χ1v) is 6.84. The van der Waals surface area contributed by atoms with E-state index in [1.54, 1.807) is 13.0 Å². The van der Waals surface area contributed by atoms with Gasteiger partial charge in [0.25, 0.3) is 0 Å². The van der Waals surface area contributed by atoms with Gasteiger partial charge in [-0.25, -0.2) is 18.2 Å². The van der Waals surface area contributed by atoms with Gasteiger partial charge in [-0.15, -0.1) is 0 Å². The van der Waals surface area contributed by atoms with Crippen molar-refractivity contribution in [2.75, 3.05) is 11.4 Å². The molecular weight excluding hydrogens is 295 g/mol. The molecule has 2 heterocycles. The molecule has 1 aliphatic heterocycles. The van der Waals surface area contributed by atoms with Crippen LogP contribution in [0.25, 0.3) is 10.9 Å². The quantitative estimate of drug-likeness (QED) is 0.925. The number of fused-ring (bicyclic) bond motifs is 1. The number of carbonyl (C=O) groups is 1. The van der Waals surface area contributed by atoms with Gasteiger partial charge in [0.2, 0.25) is 5.91 Å². The molecule has 2 atom stereocenters. The van der Waals surface area contributed by atoms with Crippen molar-refractivity contribution in [3.63, 3.8) is 0 Å². The molecule has 2 N–H and O–H groups in total. The molecule has 0 radical (unpaired) electrons. The Labute approximate surface area is 124 Å². The van der Waals surface area contributed by atoms with Crippen LogP contribution in [0.2, 0.25) is 0 Å². The first kappa shape index (κ1) is 14.6. The third-order valence-corrected chi connectivity index (χ3v) is 3.87. The van der Waals surface area contributed by atoms with Gasteiger partial charge in [0.15, 0.2) is 11.6 Å². The van der Waals surface area contributed by atoms with Gasteiger partial charge < -0.3 is 10.6 Å². The zero-order valence-electron chi connectivity index (χ0n) is 11.8. The van der Waals surface area contributed by atoms with E-state index >= 15 is 0 Å². The zero-order valence-corrected chi connectivity index (χ0v) is 11.8. The summed E-state index contributed by atoms with van der Waals surface area (Å²) in [5.41, 5.74) is 6.07. The van der Waals surface area contributed by atoms with E-state index in [-0.39, 0.29) is 18.5 Å². The summed E-state index contributed by atoms with van der Waals surface area (Å²) in [6, 6.07) is 3.17. The van der Waals surface area contributed by atoms with Gasteiger partial charge in [0, 0.05) is 23.2 Å². The third-order valence-electron chi connectivity index (χ3n) is 3.87. The Bertz CT molecular complexity index is 765. The summed E-state index contributed by atoms with van der Waals surface area (Å²) in [6.07, 6.45) is -1.21. The summed E-state index contributed by atoms with van der Waals surface area (Å²) >= 11 is 0. The molecule has 1 amide bonds. The number of carbonyl (C=O) groups excluding carboxylic acids is 1. The van der Waals surface area contributed by atoms with Crippen LogP contribution in [0.1, 0.15) is 12.1 Å². The molecule has 116 valence electrons. The third kappa shape index (κ3) is 2.26. The second-order valence-electron chi connectivity index (χ2n) is 5.44. The van der Waals surface area contributed by atoms with Gasteiger partial charge in [0.1, 0.15) is 17.7 Å². The van der Waals surface area contributed by atoms with Crippen molar-refractivity contribution in [1.82, 2.24) is 4.98 Å². The number of benzene rings is 1. The highest BCUT2D eigenvalue weighted by Crippen LogP contribution is 2.34. The maximum absolute atomic E-state index is 14.0. The smallest absolute Gasteiger partial charge is 0.240 e. The van der Waals surface area contributed by atoms with E-state index in [1.807, 2.05) is 0 Å². The van der Waals surface area contributed by atoms with Gasteiger partial charge in [-0.3, -0.25) is 4.79 Å². The van der Waals surface area contributed by atoms with Crippen LogP contribution in [0.15, 0.2) is 18.2 Å². The van der Waals surface area contributed by atoms with E-state index in [2.05, 4.69) is 4.98 Å². The molecule has 4 nitrogen and oxygen atoms in total. The number of hydrogen-bond acceptors (Lipinski definition) is 3. The van der Waals surface area contributed by atoms with Gasteiger partial charge in [-0.1, -0.05) is 0 Å². The molecule has 1 fully saturated rings. The molecule has 0 bridgehead atoms. The zero-order chi connectivity index (χ0) is 16.0. The summed E-state index contributed by atoms with van der Waals surface area (Å²) in [4.78, 5) is 17.0. The van der Waals surface area contributed by atoms with Crippen LogP contribution in [-0.4, -0.2) is 29.6 Å². The number of amides is 1. The van der Waals surface area contributed by atoms with Crippen molar-refractivity contribution in [3.05, 3.63) is 35.5 Å². The van der Waals surface area contributed by atoms with E-state index in [4.69, 9.17) is 5.73 Å². The highest BCUT2D eigenvalue weighted by molar-refractivity contribution is 5.95. The minimum Gasteiger partial charge on any atom is -0.368 e. The molecule has 0 unspecified atom stereocenters. The summed E-state index contributed by atoms with van der Waals surface area (Å²) < 4.78 is 41.1. The molecule has 1 aromatic carbocycles. The molecule has 7 heteroatoms. The minimum absolute atomic E-state index is 0.0120. The molecule has 1 aromatic heterocycles. The topological polar surface area (TPSA) is 59.2 Å². The number of anilines is 1. The van der Waals surface area contributed by atoms with E-state index < -0.39 is 29.8 Å². The number of hydrogen-bond donors (Lipinski definition) is 1. The van der Waals surface area contributed by atoms with Crippen molar-refractivity contribution in [2.24, 2.45) is 5.73 Å². The van der Waals surface area contributed by atoms with Gasteiger partial charge in [-0.05, 0) is 25.1 Å². The van der Waals surface area contributed by atoms with Gasteiger partial charge in [0.05, 0.1) is 6.54 Å². The van der Waals surface area contributed by atoms with Crippen molar-refractivity contribution in [1.29, 1.82) is 0 Å². The second kappa shape index (κ2) is 5.15. The predicted octanol–water partition coefficient (Wildman–Crippen LogP) is 2.22. The average molecular weight is 309 g/mol. The molecule has 1 aliphatic rings. The van der Waals surface area contributed by atoms with Crippen molar-refractivity contribution in [2.45, 2.75) is 25.6 Å². The fraction of sp³-hybridized carbons (Fsp3) is 0.333. The average Bonchev–Trinajstić information content (AvgIpc) is 2.85. The fourth-order valence-corrected chi connectivity index (χ4v) is 2.90. The van der Waals surface area contributed by atoms with Crippen LogP contribution in [0.3, 0.4) is 0 Å². The predicted molar refractivity (Wildman–Crippen MR) is 76.2 cm³/mol. The largest absolute Gasteiger partial charge is 0.368 e. The standard InChI is InChI=1S/C15H14F3N3O/c1-7-4-11(21-6-8(16)5-12(21)15(19)22)9-2-3-10(17)13(18)14(9)20-7/h2-4,8,12H,5-6H2,1H3,(H2,19,22)/t8-,12+/m1/s1. The van der Waals surface area contributed by atoms with Crippen LogP contribution >= 0.6 is 0 Å². The Hall–Kier alpha value is -2.31. The van der Waals surface area contributed by atoms with Crippen LogP contribution < -0.4 is 10.6 Å². The maximum Gasteiger partial charge on any atom is 0.240 e. The minimum atomic E-state index is -1.20. The molecule has 0 saturated carbocycles. The van der Waals surface area contributed by atoms with Crippen LogP contribution in [0, 0.1) is 18.6 Å². The Morgan fingerprint density at radius 2 is 2.14 bits per heavy atom. The molecule has 0 aliphatic carbocycles. The highest BCUT2D eigenvalue weighted by Gasteiger charge is 2.37. The number of aryl methyl sites for hydroxylation is 1. The Balaban J connectivity index is 2.22. The van der Waals surface area contributed by atoms with Crippen molar-refractivity contribution >= 4 is 22.5 Å². The van der Waals surface area contributed by atoms with E-state index in [1.165, 1.54) is 11.0 Å². The van der Waals surface area contributed by atoms with Gasteiger partial charge >= 0.3 is 0 Å². The number of primary amides is 1. The molecular formula is C15H14F3N3O. The SMILES string of the molecule is Cc1cc(N2C[C@H](F)C[C@H]2C(N)=O)c2ccc(F)c(F)c2n1. The van der Waals surface area contributed by atoms with E-state index in [0.717, 1.165) is 6.07 Å². The normalized spacial score (nSPS) is 21.5. The van der Waals surface area contributed by atoms with E-state index in [0.29, 0.717) is 16.8 Å². The molecule has 1 saturated heterocycles. The lowest BCUT2D eigenvalue weighted by molar-refractivity contribution is -0.119. The van der Waals surface area contributed by atoms with E-state index in [9.17, 15) is 18.0 Å². The number of rotatable bonds is 2. The lowest BCUT2D eigenvalue weighted by atomic mass is 10.1. The van der Waals surface area contributed by atoms with Crippen LogP contribution in [-0.2, 0) is 4.79 Å². The number of halogens is 3. The van der Waals surface area contributed by atoms with Crippen LogP contribution in [0.5, 0.6) is 0 Å². The number of pyridine rings is 1. The van der Waals surface area contributed by atoms with Crippen molar-refractivity contribution in [3.8, 4) is 0 Å². The highest BCUT2D eigenvalue weighted by atomic mass is 19.2. The molecule has 0 spiro atoms. The lowest BCUT2D eigenvalue weighted by Crippen LogP contribution is -2.40. The fourth-order valence-electron chi connectivity index (χ4n) is 2.90. The Morgan fingerprint density at radius 1 is 1.41 bits per heavy atom. The molecule has 3 rings (SSSR count). The summed E-state index contributed by atoms with van der Waals surface area (Å²) in [5.74, 6) is -2.72. The molecule has 22 heavy (non-hydrogen) atoms. The second-order valence-corrected chi connectivity index (χ2v) is 5.44. The summed E-state index contributed by atoms with van der Waals surface area (Å²) in [6.45, 7) is 1.60. The number of nitrogens with zero attached hydrogens (tertiary/aromatic N) is 2. The first-order valence-electron chi connectivity index (χ1n) is 6.84. The van der Waals surface area contributed by atoms with Gasteiger partial charge in [-0.2, -0.15) is 0 Å². The van der Waals surface area contributed by atoms with Crippen molar-refractivity contribution < 1.29 is 18.0 Å². The number of nitrogens with two attached hydrogens (primary N) is 1. The first-order chi connectivity index (χ1) is 10.4. The summed E-state index contributed by atoms with van der Waals surface area (Å²) in [7, 11) is 0. The Morgan fingerprint density at radius 3 is 2.82 bits per heavy atom.